The van der Waals surface area contributed by atoms with E-state index < -0.39 is 6.09 Å². The van der Waals surface area contributed by atoms with Gasteiger partial charge in [-0.25, -0.2) is 4.79 Å². The Morgan fingerprint density at radius 1 is 1.13 bits per heavy atom. The van der Waals surface area contributed by atoms with E-state index in [0.717, 1.165) is 5.56 Å². The molecule has 30 heavy (non-hydrogen) atoms. The Morgan fingerprint density at radius 2 is 1.87 bits per heavy atom. The van der Waals surface area contributed by atoms with Gasteiger partial charge in [-0.3, -0.25) is 10.1 Å². The summed E-state index contributed by atoms with van der Waals surface area (Å²) in [4.78, 5) is 26.4. The number of aromatic nitrogens is 2. The third-order valence-electron chi connectivity index (χ3n) is 4.69. The maximum Gasteiger partial charge on any atom is 0.411 e. The van der Waals surface area contributed by atoms with Gasteiger partial charge in [-0.2, -0.15) is 9.78 Å². The zero-order valence-corrected chi connectivity index (χ0v) is 17.4. The molecule has 0 aliphatic rings. The second kappa shape index (κ2) is 9.13. The van der Waals surface area contributed by atoms with Gasteiger partial charge in [0.15, 0.2) is 0 Å². The first kappa shape index (κ1) is 20.9. The quantitative estimate of drug-likeness (QED) is 0.671. The second-order valence-electron chi connectivity index (χ2n) is 6.54. The lowest BCUT2D eigenvalue weighted by molar-refractivity contribution is 0.187. The molecule has 8 nitrogen and oxygen atoms in total. The molecule has 1 aromatic heterocycles. The number of anilines is 2. The van der Waals surface area contributed by atoms with Crippen LogP contribution in [0.4, 0.5) is 16.2 Å². The number of nitrogens with zero attached hydrogens (tertiary/aromatic N) is 3. The third kappa shape index (κ3) is 4.43. The fourth-order valence-electron chi connectivity index (χ4n) is 2.88. The molecule has 3 rings (SSSR count). The van der Waals surface area contributed by atoms with E-state index in [1.54, 1.807) is 37.4 Å². The topological polar surface area (TPSA) is 85.7 Å². The maximum absolute atomic E-state index is 13.1. The zero-order valence-electron chi connectivity index (χ0n) is 17.4. The predicted molar refractivity (Wildman–Crippen MR) is 117 cm³/mol. The van der Waals surface area contributed by atoms with Crippen LogP contribution < -0.4 is 20.5 Å². The lowest BCUT2D eigenvalue weighted by Crippen LogP contribution is -2.30. The summed E-state index contributed by atoms with van der Waals surface area (Å²) in [6, 6.07) is 16.1. The first-order chi connectivity index (χ1) is 14.5. The highest BCUT2D eigenvalue weighted by Gasteiger charge is 2.15. The van der Waals surface area contributed by atoms with Crippen LogP contribution in [-0.4, -0.2) is 43.7 Å². The Kier molecular flexibility index (Phi) is 6.36. The number of ether oxygens (including phenoxy) is 2. The van der Waals surface area contributed by atoms with Gasteiger partial charge in [0.2, 0.25) is 0 Å². The molecule has 1 heterocycles. The molecule has 0 radical (unpaired) electrons. The molecule has 0 fully saturated rings. The van der Waals surface area contributed by atoms with Gasteiger partial charge >= 0.3 is 6.09 Å². The van der Waals surface area contributed by atoms with Gasteiger partial charge in [0.25, 0.3) is 5.56 Å². The highest BCUT2D eigenvalue weighted by molar-refractivity contribution is 5.84. The fraction of sp³-hybridized carbons (Fsp3) is 0.227. The van der Waals surface area contributed by atoms with Crippen LogP contribution in [0.2, 0.25) is 0 Å². The number of amides is 1. The molecule has 0 aliphatic carbocycles. The van der Waals surface area contributed by atoms with Gasteiger partial charge in [-0.1, -0.05) is 12.1 Å². The molecule has 0 unspecified atom stereocenters. The van der Waals surface area contributed by atoms with E-state index in [4.69, 9.17) is 4.74 Å². The first-order valence-corrected chi connectivity index (χ1v) is 9.42. The largest absolute Gasteiger partial charge is 0.497 e. The van der Waals surface area contributed by atoms with Gasteiger partial charge in [0.05, 0.1) is 25.6 Å². The van der Waals surface area contributed by atoms with Crippen LogP contribution in [0.25, 0.3) is 16.9 Å². The molecule has 8 heteroatoms. The van der Waals surface area contributed by atoms with Crippen molar-refractivity contribution in [3.8, 4) is 22.7 Å². The minimum absolute atomic E-state index is 0.236. The molecule has 0 spiro atoms. The maximum atomic E-state index is 13.1. The van der Waals surface area contributed by atoms with E-state index in [-0.39, 0.29) is 5.56 Å². The molecule has 0 saturated carbocycles. The summed E-state index contributed by atoms with van der Waals surface area (Å²) in [5.74, 6) is 0.704. The van der Waals surface area contributed by atoms with Crippen LogP contribution in [0.15, 0.2) is 59.4 Å². The van der Waals surface area contributed by atoms with E-state index in [1.807, 2.05) is 43.1 Å². The summed E-state index contributed by atoms with van der Waals surface area (Å²) >= 11 is 0. The minimum Gasteiger partial charge on any atom is -0.497 e. The van der Waals surface area contributed by atoms with Crippen molar-refractivity contribution in [2.45, 2.75) is 6.92 Å². The Morgan fingerprint density at radius 3 is 2.50 bits per heavy atom. The standard InChI is InChI=1S/C22H24N4O4/c1-5-25(2)20-14-19(15-7-6-8-18(13-15)29-3)24-26(21(20)27)17-11-9-16(10-12-17)23-22(28)30-4/h6-14H,5H2,1-4H3,(H,23,28). The van der Waals surface area contributed by atoms with E-state index >= 15 is 0 Å². The van der Waals surface area contributed by atoms with E-state index in [1.165, 1.54) is 11.8 Å². The lowest BCUT2D eigenvalue weighted by Gasteiger charge is -2.19. The van der Waals surface area contributed by atoms with Crippen molar-refractivity contribution in [3.63, 3.8) is 0 Å². The smallest absolute Gasteiger partial charge is 0.411 e. The van der Waals surface area contributed by atoms with Gasteiger partial charge in [-0.05, 0) is 49.4 Å². The molecule has 2 aromatic carbocycles. The third-order valence-corrected chi connectivity index (χ3v) is 4.69. The average Bonchev–Trinajstić information content (AvgIpc) is 2.79. The van der Waals surface area contributed by atoms with Crippen molar-refractivity contribution < 1.29 is 14.3 Å². The molecule has 3 aromatic rings. The Hall–Kier alpha value is -3.81. The van der Waals surface area contributed by atoms with Crippen molar-refractivity contribution in [2.75, 3.05) is 38.0 Å². The monoisotopic (exact) mass is 408 g/mol. The van der Waals surface area contributed by atoms with E-state index in [2.05, 4.69) is 15.2 Å². The van der Waals surface area contributed by atoms with Crippen LogP contribution in [0.5, 0.6) is 5.75 Å². The number of hydrogen-bond acceptors (Lipinski definition) is 6. The van der Waals surface area contributed by atoms with Crippen LogP contribution in [-0.2, 0) is 4.74 Å². The molecular weight excluding hydrogens is 384 g/mol. The molecule has 156 valence electrons. The summed E-state index contributed by atoms with van der Waals surface area (Å²) in [6.45, 7) is 2.64. The van der Waals surface area contributed by atoms with Crippen molar-refractivity contribution >= 4 is 17.5 Å². The normalized spacial score (nSPS) is 10.4. The van der Waals surface area contributed by atoms with Crippen molar-refractivity contribution in [1.29, 1.82) is 0 Å². The van der Waals surface area contributed by atoms with Crippen molar-refractivity contribution in [3.05, 3.63) is 65.0 Å². The highest BCUT2D eigenvalue weighted by atomic mass is 16.5. The van der Waals surface area contributed by atoms with Gasteiger partial charge in [0, 0.05) is 24.8 Å². The molecule has 0 bridgehead atoms. The molecule has 1 N–H and O–H groups in total. The van der Waals surface area contributed by atoms with Gasteiger partial charge < -0.3 is 14.4 Å². The molecule has 1 amide bonds. The van der Waals surface area contributed by atoms with Crippen LogP contribution in [0, 0.1) is 0 Å². The van der Waals surface area contributed by atoms with Crippen molar-refractivity contribution in [1.82, 2.24) is 9.78 Å². The van der Waals surface area contributed by atoms with Crippen LogP contribution >= 0.6 is 0 Å². The zero-order chi connectivity index (χ0) is 21.7. The van der Waals surface area contributed by atoms with E-state index in [9.17, 15) is 9.59 Å². The number of carbonyl (C=O) groups is 1. The molecule has 0 atom stereocenters. The van der Waals surface area contributed by atoms with Gasteiger partial charge in [0.1, 0.15) is 11.4 Å². The first-order valence-electron chi connectivity index (χ1n) is 9.42. The summed E-state index contributed by atoms with van der Waals surface area (Å²) in [5, 5.41) is 7.16. The highest BCUT2D eigenvalue weighted by Crippen LogP contribution is 2.24. The molecular formula is C22H24N4O4. The fourth-order valence-corrected chi connectivity index (χ4v) is 2.88. The van der Waals surface area contributed by atoms with E-state index in [0.29, 0.717) is 35.1 Å². The number of hydrogen-bond donors (Lipinski definition) is 1. The molecule has 0 saturated heterocycles. The Bertz CT molecular complexity index is 1090. The number of methoxy groups -OCH3 is 2. The number of nitrogens with one attached hydrogen (secondary N) is 1. The lowest BCUT2D eigenvalue weighted by atomic mass is 10.1. The SMILES string of the molecule is CCN(C)c1cc(-c2cccc(OC)c2)nn(-c2ccc(NC(=O)OC)cc2)c1=O. The average molecular weight is 408 g/mol. The molecule has 0 aliphatic heterocycles. The summed E-state index contributed by atoms with van der Waals surface area (Å²) in [5.41, 5.74) is 2.89. The summed E-state index contributed by atoms with van der Waals surface area (Å²) < 4.78 is 11.3. The summed E-state index contributed by atoms with van der Waals surface area (Å²) in [6.07, 6.45) is -0.565. The van der Waals surface area contributed by atoms with Crippen LogP contribution in [0.1, 0.15) is 6.92 Å². The number of benzene rings is 2. The Balaban J connectivity index is 2.11. The minimum atomic E-state index is -0.565. The Labute approximate surface area is 174 Å². The summed E-state index contributed by atoms with van der Waals surface area (Å²) in [7, 11) is 4.76. The second-order valence-corrected chi connectivity index (χ2v) is 6.54. The van der Waals surface area contributed by atoms with Gasteiger partial charge in [-0.15, -0.1) is 0 Å². The van der Waals surface area contributed by atoms with Crippen molar-refractivity contribution in [2.24, 2.45) is 0 Å². The number of rotatable bonds is 6. The number of carbonyl (C=O) groups excluding carboxylic acids is 1. The van der Waals surface area contributed by atoms with Crippen LogP contribution in [0.3, 0.4) is 0 Å². The predicted octanol–water partition coefficient (Wildman–Crippen LogP) is 3.54.